The maximum atomic E-state index is 12.2. The van der Waals surface area contributed by atoms with Crippen LogP contribution >= 0.6 is 0 Å². The first-order valence-electron chi connectivity index (χ1n) is 7.72. The van der Waals surface area contributed by atoms with Crippen LogP contribution in [-0.4, -0.2) is 26.9 Å². The van der Waals surface area contributed by atoms with E-state index in [4.69, 9.17) is 4.52 Å². The SMILES string of the molecule is CC(=O)Nc1cccc(Nc2nccc(C(=O)Nc3cc(C)on3)n2)c1. The van der Waals surface area contributed by atoms with Crippen LogP contribution in [0.5, 0.6) is 0 Å². The van der Waals surface area contributed by atoms with Gasteiger partial charge in [-0.05, 0) is 31.2 Å². The van der Waals surface area contributed by atoms with Gasteiger partial charge in [0.05, 0.1) is 0 Å². The van der Waals surface area contributed by atoms with Crippen LogP contribution in [0.3, 0.4) is 0 Å². The second kappa shape index (κ2) is 7.43. The molecule has 0 radical (unpaired) electrons. The van der Waals surface area contributed by atoms with Crippen LogP contribution in [0.2, 0.25) is 0 Å². The molecule has 0 aliphatic rings. The molecular weight excluding hydrogens is 336 g/mol. The molecule has 0 unspecified atom stereocenters. The summed E-state index contributed by atoms with van der Waals surface area (Å²) in [7, 11) is 0. The molecule has 0 atom stereocenters. The van der Waals surface area contributed by atoms with Crippen molar-refractivity contribution in [3.63, 3.8) is 0 Å². The van der Waals surface area contributed by atoms with Gasteiger partial charge in [0.1, 0.15) is 11.5 Å². The van der Waals surface area contributed by atoms with Gasteiger partial charge in [-0.1, -0.05) is 11.2 Å². The molecule has 26 heavy (non-hydrogen) atoms. The van der Waals surface area contributed by atoms with Gasteiger partial charge in [0.2, 0.25) is 11.9 Å². The normalized spacial score (nSPS) is 10.2. The monoisotopic (exact) mass is 352 g/mol. The molecule has 0 spiro atoms. The molecule has 0 fully saturated rings. The number of anilines is 4. The fourth-order valence-electron chi connectivity index (χ4n) is 2.16. The molecule has 3 aromatic rings. The Hall–Kier alpha value is -3.75. The van der Waals surface area contributed by atoms with Gasteiger partial charge < -0.3 is 20.5 Å². The van der Waals surface area contributed by atoms with Crippen molar-refractivity contribution < 1.29 is 14.1 Å². The van der Waals surface area contributed by atoms with Crippen molar-refractivity contribution in [1.29, 1.82) is 0 Å². The molecule has 0 aliphatic carbocycles. The summed E-state index contributed by atoms with van der Waals surface area (Å²) in [6.45, 7) is 3.16. The second-order valence-corrected chi connectivity index (χ2v) is 5.43. The predicted octanol–water partition coefficient (Wildman–Crippen LogP) is 2.73. The highest BCUT2D eigenvalue weighted by atomic mass is 16.5. The van der Waals surface area contributed by atoms with E-state index in [1.165, 1.54) is 19.2 Å². The highest BCUT2D eigenvalue weighted by molar-refractivity contribution is 6.02. The van der Waals surface area contributed by atoms with E-state index in [1.807, 2.05) is 0 Å². The Morgan fingerprint density at radius 2 is 1.88 bits per heavy atom. The van der Waals surface area contributed by atoms with Crippen molar-refractivity contribution in [1.82, 2.24) is 15.1 Å². The summed E-state index contributed by atoms with van der Waals surface area (Å²) < 4.78 is 4.90. The molecule has 2 aromatic heterocycles. The van der Waals surface area contributed by atoms with Crippen LogP contribution in [0, 0.1) is 6.92 Å². The number of aromatic nitrogens is 3. The van der Waals surface area contributed by atoms with Gasteiger partial charge in [-0.25, -0.2) is 9.97 Å². The van der Waals surface area contributed by atoms with Crippen LogP contribution in [0.15, 0.2) is 47.1 Å². The Balaban J connectivity index is 1.73. The number of amides is 2. The molecule has 0 saturated carbocycles. The second-order valence-electron chi connectivity index (χ2n) is 5.43. The average molecular weight is 352 g/mol. The molecule has 2 amide bonds. The quantitative estimate of drug-likeness (QED) is 0.645. The van der Waals surface area contributed by atoms with Gasteiger partial charge in [0, 0.05) is 30.6 Å². The van der Waals surface area contributed by atoms with E-state index in [1.54, 1.807) is 37.3 Å². The van der Waals surface area contributed by atoms with Gasteiger partial charge in [-0.3, -0.25) is 9.59 Å². The number of carbonyl (C=O) groups is 2. The molecule has 0 bridgehead atoms. The van der Waals surface area contributed by atoms with Crippen molar-refractivity contribution in [3.8, 4) is 0 Å². The highest BCUT2D eigenvalue weighted by Gasteiger charge is 2.11. The molecular formula is C17H16N6O3. The highest BCUT2D eigenvalue weighted by Crippen LogP contribution is 2.18. The third-order valence-corrected chi connectivity index (χ3v) is 3.20. The largest absolute Gasteiger partial charge is 0.360 e. The summed E-state index contributed by atoms with van der Waals surface area (Å²) in [6, 6.07) is 10.1. The standard InChI is InChI=1S/C17H16N6O3/c1-10-8-15(23-26-10)22-16(25)14-6-7-18-17(21-14)20-13-5-3-4-12(9-13)19-11(2)24/h3-9H,1-2H3,(H,19,24)(H,18,20,21)(H,22,23,25). The van der Waals surface area contributed by atoms with E-state index in [2.05, 4.69) is 31.1 Å². The zero-order valence-electron chi connectivity index (χ0n) is 14.1. The lowest BCUT2D eigenvalue weighted by Gasteiger charge is -2.08. The van der Waals surface area contributed by atoms with Crippen LogP contribution in [0.4, 0.5) is 23.1 Å². The Bertz CT molecular complexity index is 953. The first kappa shape index (κ1) is 17.1. The van der Waals surface area contributed by atoms with Crippen LogP contribution in [-0.2, 0) is 4.79 Å². The lowest BCUT2D eigenvalue weighted by molar-refractivity contribution is -0.114. The van der Waals surface area contributed by atoms with E-state index in [-0.39, 0.29) is 17.5 Å². The Morgan fingerprint density at radius 3 is 2.62 bits per heavy atom. The topological polar surface area (TPSA) is 122 Å². The third-order valence-electron chi connectivity index (χ3n) is 3.20. The molecule has 3 N–H and O–H groups in total. The van der Waals surface area contributed by atoms with Crippen molar-refractivity contribution in [2.24, 2.45) is 0 Å². The summed E-state index contributed by atoms with van der Waals surface area (Å²) in [5.74, 6) is 0.540. The van der Waals surface area contributed by atoms with E-state index in [0.29, 0.717) is 23.0 Å². The number of carbonyl (C=O) groups excluding carboxylic acids is 2. The molecule has 1 aromatic carbocycles. The number of aryl methyl sites for hydroxylation is 1. The van der Waals surface area contributed by atoms with Gasteiger partial charge in [-0.2, -0.15) is 0 Å². The molecule has 0 saturated heterocycles. The lowest BCUT2D eigenvalue weighted by Crippen LogP contribution is -2.15. The fourth-order valence-corrected chi connectivity index (χ4v) is 2.16. The van der Waals surface area contributed by atoms with Crippen molar-refractivity contribution in [2.75, 3.05) is 16.0 Å². The number of nitrogens with one attached hydrogen (secondary N) is 3. The Labute approximate surface area is 148 Å². The minimum atomic E-state index is -0.434. The number of nitrogens with zero attached hydrogens (tertiary/aromatic N) is 3. The number of hydrogen-bond acceptors (Lipinski definition) is 7. The van der Waals surface area contributed by atoms with Crippen molar-refractivity contribution >= 4 is 35.0 Å². The molecule has 9 heteroatoms. The van der Waals surface area contributed by atoms with Crippen LogP contribution < -0.4 is 16.0 Å². The molecule has 132 valence electrons. The minimum absolute atomic E-state index is 0.167. The van der Waals surface area contributed by atoms with E-state index in [9.17, 15) is 9.59 Å². The van der Waals surface area contributed by atoms with Crippen LogP contribution in [0.1, 0.15) is 23.2 Å². The van der Waals surface area contributed by atoms with Crippen molar-refractivity contribution in [2.45, 2.75) is 13.8 Å². The number of benzene rings is 1. The summed E-state index contributed by atoms with van der Waals surface area (Å²) in [6.07, 6.45) is 1.47. The molecule has 9 nitrogen and oxygen atoms in total. The summed E-state index contributed by atoms with van der Waals surface area (Å²) in [5, 5.41) is 12.0. The molecule has 0 aliphatic heterocycles. The fraction of sp³-hybridized carbons (Fsp3) is 0.118. The zero-order valence-corrected chi connectivity index (χ0v) is 14.1. The van der Waals surface area contributed by atoms with Gasteiger partial charge in [0.15, 0.2) is 5.82 Å². The first-order chi connectivity index (χ1) is 12.5. The van der Waals surface area contributed by atoms with Gasteiger partial charge >= 0.3 is 0 Å². The Kier molecular flexibility index (Phi) is 4.88. The van der Waals surface area contributed by atoms with Crippen molar-refractivity contribution in [3.05, 3.63) is 54.0 Å². The zero-order chi connectivity index (χ0) is 18.5. The van der Waals surface area contributed by atoms with E-state index < -0.39 is 5.91 Å². The molecule has 2 heterocycles. The number of rotatable bonds is 5. The van der Waals surface area contributed by atoms with E-state index >= 15 is 0 Å². The smallest absolute Gasteiger partial charge is 0.275 e. The van der Waals surface area contributed by atoms with Crippen LogP contribution in [0.25, 0.3) is 0 Å². The number of hydrogen-bond donors (Lipinski definition) is 3. The first-order valence-corrected chi connectivity index (χ1v) is 7.72. The lowest BCUT2D eigenvalue weighted by atomic mass is 10.2. The average Bonchev–Trinajstić information content (AvgIpc) is 2.99. The summed E-state index contributed by atoms with van der Waals surface area (Å²) in [5.41, 5.74) is 1.47. The Morgan fingerprint density at radius 1 is 1.08 bits per heavy atom. The summed E-state index contributed by atoms with van der Waals surface area (Å²) >= 11 is 0. The van der Waals surface area contributed by atoms with Gasteiger partial charge in [-0.15, -0.1) is 0 Å². The predicted molar refractivity (Wildman–Crippen MR) is 95.3 cm³/mol. The maximum absolute atomic E-state index is 12.2. The minimum Gasteiger partial charge on any atom is -0.360 e. The maximum Gasteiger partial charge on any atom is 0.275 e. The van der Waals surface area contributed by atoms with Gasteiger partial charge in [0.25, 0.3) is 5.91 Å². The summed E-state index contributed by atoms with van der Waals surface area (Å²) in [4.78, 5) is 31.7. The third kappa shape index (κ3) is 4.41. The molecule has 3 rings (SSSR count). The van der Waals surface area contributed by atoms with E-state index in [0.717, 1.165) is 0 Å².